The Bertz CT molecular complexity index is 1980. The number of Topliss-reactive ketones (excluding diaryl/α,β-unsaturated/α-hetero) is 1. The number of hydrogen-bond donors (Lipinski definition) is 1. The number of aryl methyl sites for hydroxylation is 1. The highest BCUT2D eigenvalue weighted by molar-refractivity contribution is 6.19. The summed E-state index contributed by atoms with van der Waals surface area (Å²) in [6.45, 7) is 5.17. The maximum absolute atomic E-state index is 14.1. The number of anilines is 1. The Morgan fingerprint density at radius 1 is 0.913 bits per heavy atom. The van der Waals surface area contributed by atoms with Gasteiger partial charge in [-0.1, -0.05) is 60.2 Å². The van der Waals surface area contributed by atoms with Crippen LogP contribution < -0.4 is 9.64 Å². The van der Waals surface area contributed by atoms with E-state index in [1.165, 1.54) is 0 Å². The van der Waals surface area contributed by atoms with Gasteiger partial charge in [-0.15, -0.1) is 11.6 Å². The predicted molar refractivity (Wildman–Crippen MR) is 182 cm³/mol. The molecule has 2 amide bonds. The van der Waals surface area contributed by atoms with Crippen molar-refractivity contribution < 1.29 is 19.1 Å². The number of alkyl halides is 1. The number of rotatable bonds is 6. The number of aromatic amines is 1. The molecule has 0 bridgehead atoms. The van der Waals surface area contributed by atoms with Gasteiger partial charge >= 0.3 is 6.09 Å². The number of nitrogens with zero attached hydrogens (tertiary/aromatic N) is 3. The number of hydrogen-bond acceptors (Lipinski definition) is 5. The number of amides is 2. The van der Waals surface area contributed by atoms with E-state index in [4.69, 9.17) is 16.3 Å². The standard InChI is InChI=1S/C37H35ClN4O4/c1-23-7-10-25(11-8-23)33(43)18-24-9-12-30-26(17-24)19-31(39-30)36(44)42-22-27(21-38)35-29-6-4-3-5-28(29)34(20-32(35)42)46-37(45)41-15-13-40(2)14-16-41/h3-12,17,19-20,27,39H,13-16,18,21-22H2,1-2H3/t27-/m1/s1. The van der Waals surface area contributed by atoms with E-state index in [9.17, 15) is 14.4 Å². The number of ether oxygens (including phenoxy) is 1. The van der Waals surface area contributed by atoms with Crippen LogP contribution in [0.15, 0.2) is 78.9 Å². The predicted octanol–water partition coefficient (Wildman–Crippen LogP) is 6.78. The molecule has 0 unspecified atom stereocenters. The smallest absolute Gasteiger partial charge is 0.409 e. The molecule has 3 heterocycles. The molecule has 46 heavy (non-hydrogen) atoms. The van der Waals surface area contributed by atoms with Crippen molar-refractivity contribution in [1.29, 1.82) is 0 Å². The number of aromatic nitrogens is 1. The number of nitrogens with one attached hydrogen (secondary N) is 1. The van der Waals surface area contributed by atoms with Crippen molar-refractivity contribution in [3.8, 4) is 5.75 Å². The highest BCUT2D eigenvalue weighted by Gasteiger charge is 2.36. The van der Waals surface area contributed by atoms with Crippen molar-refractivity contribution >= 4 is 56.7 Å². The van der Waals surface area contributed by atoms with Crippen LogP contribution in [-0.2, 0) is 6.42 Å². The van der Waals surface area contributed by atoms with E-state index in [1.54, 1.807) is 9.80 Å². The number of likely N-dealkylation sites (N-methyl/N-ethyl adjacent to an activating group) is 1. The van der Waals surface area contributed by atoms with Crippen molar-refractivity contribution in [3.63, 3.8) is 0 Å². The van der Waals surface area contributed by atoms with Crippen molar-refractivity contribution in [2.75, 3.05) is 50.6 Å². The third kappa shape index (κ3) is 5.63. The van der Waals surface area contributed by atoms with Crippen LogP contribution in [0, 0.1) is 6.92 Å². The highest BCUT2D eigenvalue weighted by atomic mass is 35.5. The lowest BCUT2D eigenvalue weighted by Gasteiger charge is -2.31. The van der Waals surface area contributed by atoms with Gasteiger partial charge in [0.25, 0.3) is 5.91 Å². The van der Waals surface area contributed by atoms with Crippen molar-refractivity contribution in [2.24, 2.45) is 0 Å². The summed E-state index contributed by atoms with van der Waals surface area (Å²) in [5, 5.41) is 2.58. The van der Waals surface area contributed by atoms with Gasteiger partial charge < -0.3 is 24.4 Å². The van der Waals surface area contributed by atoms with E-state index in [1.807, 2.05) is 92.8 Å². The third-order valence-corrected chi connectivity index (χ3v) is 9.54. The fourth-order valence-electron chi connectivity index (χ4n) is 6.54. The molecule has 0 spiro atoms. The lowest BCUT2D eigenvalue weighted by molar-refractivity contribution is 0.0979. The molecule has 0 radical (unpaired) electrons. The Kier molecular flexibility index (Phi) is 8.01. The summed E-state index contributed by atoms with van der Waals surface area (Å²) in [6.07, 6.45) is -0.122. The minimum atomic E-state index is -0.393. The van der Waals surface area contributed by atoms with Gasteiger partial charge in [0, 0.05) is 78.9 Å². The van der Waals surface area contributed by atoms with Gasteiger partial charge in [-0.2, -0.15) is 0 Å². The van der Waals surface area contributed by atoms with Crippen LogP contribution in [-0.4, -0.2) is 78.2 Å². The summed E-state index contributed by atoms with van der Waals surface area (Å²) in [6, 6.07) is 24.8. The molecule has 2 aliphatic heterocycles. The number of carbonyl (C=O) groups excluding carboxylic acids is 3. The van der Waals surface area contributed by atoms with Crippen LogP contribution in [0.25, 0.3) is 21.7 Å². The molecule has 5 aromatic rings. The zero-order valence-electron chi connectivity index (χ0n) is 25.9. The maximum atomic E-state index is 14.1. The summed E-state index contributed by atoms with van der Waals surface area (Å²) in [5.41, 5.74) is 5.58. The molecular weight excluding hydrogens is 600 g/mol. The van der Waals surface area contributed by atoms with Gasteiger partial charge in [-0.05, 0) is 48.7 Å². The van der Waals surface area contributed by atoms with Crippen molar-refractivity contribution in [2.45, 2.75) is 19.3 Å². The third-order valence-electron chi connectivity index (χ3n) is 9.17. The van der Waals surface area contributed by atoms with Crippen LogP contribution in [0.5, 0.6) is 5.75 Å². The summed E-state index contributed by atoms with van der Waals surface area (Å²) < 4.78 is 6.02. The number of fused-ring (bicyclic) bond motifs is 4. The van der Waals surface area contributed by atoms with Crippen LogP contribution in [0.1, 0.15) is 43.5 Å². The van der Waals surface area contributed by atoms with E-state index in [-0.39, 0.29) is 24.0 Å². The second-order valence-corrected chi connectivity index (χ2v) is 12.7. The largest absolute Gasteiger partial charge is 0.415 e. The van der Waals surface area contributed by atoms with Crippen molar-refractivity contribution in [3.05, 3.63) is 107 Å². The molecule has 4 aromatic carbocycles. The van der Waals surface area contributed by atoms with Gasteiger partial charge in [0.2, 0.25) is 0 Å². The summed E-state index contributed by atoms with van der Waals surface area (Å²) in [7, 11) is 2.04. The van der Waals surface area contributed by atoms with E-state index in [0.717, 1.165) is 51.5 Å². The number of benzene rings is 4. The minimum Gasteiger partial charge on any atom is -0.409 e. The first-order chi connectivity index (χ1) is 22.3. The van der Waals surface area contributed by atoms with Crippen LogP contribution >= 0.6 is 11.6 Å². The fourth-order valence-corrected chi connectivity index (χ4v) is 6.79. The van der Waals surface area contributed by atoms with Gasteiger partial charge in [0.05, 0.1) is 5.69 Å². The van der Waals surface area contributed by atoms with Gasteiger partial charge in [-0.3, -0.25) is 9.59 Å². The molecule has 1 aromatic heterocycles. The zero-order chi connectivity index (χ0) is 31.9. The minimum absolute atomic E-state index is 0.0447. The Morgan fingerprint density at radius 3 is 2.39 bits per heavy atom. The molecule has 234 valence electrons. The first kappa shape index (κ1) is 30.0. The van der Waals surface area contributed by atoms with Crippen LogP contribution in [0.3, 0.4) is 0 Å². The molecule has 1 saturated heterocycles. The van der Waals surface area contributed by atoms with Crippen LogP contribution in [0.4, 0.5) is 10.5 Å². The fraction of sp³-hybridized carbons (Fsp3) is 0.270. The zero-order valence-corrected chi connectivity index (χ0v) is 26.6. The normalized spacial score (nSPS) is 16.6. The summed E-state index contributed by atoms with van der Waals surface area (Å²) in [4.78, 5) is 49.2. The molecule has 0 saturated carbocycles. The molecule has 0 aliphatic carbocycles. The van der Waals surface area contributed by atoms with E-state index in [0.29, 0.717) is 48.2 Å². The summed E-state index contributed by atoms with van der Waals surface area (Å²) >= 11 is 6.50. The highest BCUT2D eigenvalue weighted by Crippen LogP contribution is 2.46. The number of ketones is 1. The molecular formula is C37H35ClN4O4. The first-order valence-electron chi connectivity index (χ1n) is 15.6. The number of piperazine rings is 1. The Balaban J connectivity index is 1.19. The molecule has 2 aliphatic rings. The Labute approximate surface area is 272 Å². The Hall–Kier alpha value is -4.66. The second kappa shape index (κ2) is 12.3. The number of H-pyrrole nitrogens is 1. The monoisotopic (exact) mass is 634 g/mol. The molecule has 7 rings (SSSR count). The van der Waals surface area contributed by atoms with Gasteiger partial charge in [0.15, 0.2) is 5.78 Å². The SMILES string of the molecule is Cc1ccc(C(=O)Cc2ccc3[nH]c(C(=O)N4C[C@@H](CCl)c5c4cc(OC(=O)N4CCN(C)CC4)c4ccccc54)cc3c2)cc1. The lowest BCUT2D eigenvalue weighted by Crippen LogP contribution is -2.48. The number of halogens is 1. The molecule has 1 atom stereocenters. The topological polar surface area (TPSA) is 85.9 Å². The first-order valence-corrected chi connectivity index (χ1v) is 16.1. The quantitative estimate of drug-likeness (QED) is 0.164. The van der Waals surface area contributed by atoms with E-state index >= 15 is 0 Å². The molecule has 9 heteroatoms. The molecule has 8 nitrogen and oxygen atoms in total. The summed E-state index contributed by atoms with van der Waals surface area (Å²) in [5.74, 6) is 0.520. The average Bonchev–Trinajstić information content (AvgIpc) is 3.66. The van der Waals surface area contributed by atoms with E-state index in [2.05, 4.69) is 9.88 Å². The van der Waals surface area contributed by atoms with Crippen LogP contribution in [0.2, 0.25) is 0 Å². The maximum Gasteiger partial charge on any atom is 0.415 e. The number of carbonyl (C=O) groups is 3. The van der Waals surface area contributed by atoms with Gasteiger partial charge in [0.1, 0.15) is 11.4 Å². The average molecular weight is 635 g/mol. The van der Waals surface area contributed by atoms with Crippen molar-refractivity contribution in [1.82, 2.24) is 14.8 Å². The molecule has 1 N–H and O–H groups in total. The molecule has 1 fully saturated rings. The van der Waals surface area contributed by atoms with Gasteiger partial charge in [-0.25, -0.2) is 4.79 Å². The second-order valence-electron chi connectivity index (χ2n) is 12.3. The van der Waals surface area contributed by atoms with E-state index < -0.39 is 6.09 Å². The lowest BCUT2D eigenvalue weighted by atomic mass is 9.95. The Morgan fingerprint density at radius 2 is 1.65 bits per heavy atom.